The lowest BCUT2D eigenvalue weighted by atomic mass is 9.97. The molecule has 6 nitrogen and oxygen atoms in total. The number of rotatable bonds is 3. The number of carbonyl (C=O) groups excluding carboxylic acids is 1. The van der Waals surface area contributed by atoms with E-state index in [1.165, 1.54) is 12.1 Å². The van der Waals surface area contributed by atoms with Crippen molar-refractivity contribution in [1.29, 1.82) is 0 Å². The maximum absolute atomic E-state index is 13.6. The molecule has 3 aromatic rings. The second-order valence-corrected chi connectivity index (χ2v) is 6.60. The first-order chi connectivity index (χ1) is 13.6. The average molecular weight is 397 g/mol. The van der Waals surface area contributed by atoms with Gasteiger partial charge in [-0.2, -0.15) is 5.10 Å². The molecule has 1 amide bonds. The minimum Gasteiger partial charge on any atom is -0.439 e. The fourth-order valence-corrected chi connectivity index (χ4v) is 3.12. The Hall–Kier alpha value is -3.37. The van der Waals surface area contributed by atoms with E-state index in [-0.39, 0.29) is 0 Å². The lowest BCUT2D eigenvalue weighted by Crippen LogP contribution is -2.19. The normalized spacial score (nSPS) is 18.1. The number of carbonyl (C=O) groups is 1. The van der Waals surface area contributed by atoms with Gasteiger partial charge < -0.3 is 10.1 Å². The number of cyclic esters (lactones) is 1. The van der Waals surface area contributed by atoms with Gasteiger partial charge >= 0.3 is 6.09 Å². The van der Waals surface area contributed by atoms with Gasteiger partial charge in [-0.15, -0.1) is 0 Å². The number of alkyl carbamates (subject to hydrolysis) is 1. The summed E-state index contributed by atoms with van der Waals surface area (Å²) < 4.78 is 20.6. The molecule has 0 saturated carbocycles. The van der Waals surface area contributed by atoms with E-state index in [9.17, 15) is 9.18 Å². The lowest BCUT2D eigenvalue weighted by molar-refractivity contribution is 0.132. The standard InChI is InChI=1S/C20H14ClFN4O2/c21-16-11-24-26(12-16)6-2-3-13-7-15(10-23-9-13)18-19(28-20(27)25-18)14-4-1-5-17(22)8-14/h1,4-5,7-12,18-19H,6H2,(H,25,27)/t18-,19-/m1/s1. The molecule has 0 aliphatic carbocycles. The van der Waals surface area contributed by atoms with Gasteiger partial charge in [0.1, 0.15) is 18.4 Å². The number of benzene rings is 1. The van der Waals surface area contributed by atoms with E-state index in [4.69, 9.17) is 16.3 Å². The molecule has 1 fully saturated rings. The first-order valence-electron chi connectivity index (χ1n) is 8.43. The molecule has 1 saturated heterocycles. The van der Waals surface area contributed by atoms with Crippen LogP contribution in [0.15, 0.2) is 55.1 Å². The van der Waals surface area contributed by atoms with Crippen molar-refractivity contribution < 1.29 is 13.9 Å². The van der Waals surface area contributed by atoms with E-state index in [1.54, 1.807) is 41.6 Å². The van der Waals surface area contributed by atoms with Gasteiger partial charge in [-0.25, -0.2) is 9.18 Å². The van der Waals surface area contributed by atoms with Gasteiger partial charge in [0.05, 0.1) is 11.2 Å². The fourth-order valence-electron chi connectivity index (χ4n) is 2.97. The van der Waals surface area contributed by atoms with Gasteiger partial charge in [-0.1, -0.05) is 35.6 Å². The third-order valence-corrected chi connectivity index (χ3v) is 4.38. The zero-order chi connectivity index (χ0) is 19.5. The molecule has 2 atom stereocenters. The first-order valence-corrected chi connectivity index (χ1v) is 8.81. The van der Waals surface area contributed by atoms with Crippen LogP contribution in [0.25, 0.3) is 0 Å². The Bertz CT molecular complexity index is 1090. The molecule has 1 aliphatic heterocycles. The number of hydrogen-bond acceptors (Lipinski definition) is 4. The van der Waals surface area contributed by atoms with Crippen molar-refractivity contribution in [3.63, 3.8) is 0 Å². The molecular weight excluding hydrogens is 383 g/mol. The maximum Gasteiger partial charge on any atom is 0.408 e. The number of hydrogen-bond donors (Lipinski definition) is 1. The highest BCUT2D eigenvalue weighted by Gasteiger charge is 2.36. The molecule has 8 heteroatoms. The number of amides is 1. The number of aromatic nitrogens is 3. The van der Waals surface area contributed by atoms with Crippen molar-refractivity contribution in [2.75, 3.05) is 0 Å². The summed E-state index contributed by atoms with van der Waals surface area (Å²) in [5.41, 5.74) is 1.96. The molecule has 3 heterocycles. The third-order valence-electron chi connectivity index (χ3n) is 4.18. The van der Waals surface area contributed by atoms with E-state index < -0.39 is 24.1 Å². The Labute approximate surface area is 165 Å². The van der Waals surface area contributed by atoms with Crippen LogP contribution in [0.2, 0.25) is 5.02 Å². The minimum atomic E-state index is -0.653. The van der Waals surface area contributed by atoms with E-state index in [1.807, 2.05) is 6.07 Å². The van der Waals surface area contributed by atoms with Crippen molar-refractivity contribution >= 4 is 17.7 Å². The summed E-state index contributed by atoms with van der Waals surface area (Å²) in [7, 11) is 0. The van der Waals surface area contributed by atoms with E-state index in [0.717, 1.165) is 0 Å². The van der Waals surface area contributed by atoms with E-state index >= 15 is 0 Å². The van der Waals surface area contributed by atoms with Crippen LogP contribution in [-0.2, 0) is 11.3 Å². The van der Waals surface area contributed by atoms with Crippen molar-refractivity contribution in [1.82, 2.24) is 20.1 Å². The van der Waals surface area contributed by atoms with Crippen LogP contribution in [0.3, 0.4) is 0 Å². The number of nitrogens with zero attached hydrogens (tertiary/aromatic N) is 3. The smallest absolute Gasteiger partial charge is 0.408 e. The molecule has 140 valence electrons. The average Bonchev–Trinajstić information content (AvgIpc) is 3.27. The number of pyridine rings is 1. The van der Waals surface area contributed by atoms with Gasteiger partial charge in [-0.05, 0) is 29.3 Å². The Morgan fingerprint density at radius 1 is 1.25 bits per heavy atom. The fraction of sp³-hybridized carbons (Fsp3) is 0.150. The SMILES string of the molecule is O=C1N[C@H](c2cncc(C#CCn3cc(Cl)cn3)c2)[C@@H](c2cccc(F)c2)O1. The van der Waals surface area contributed by atoms with E-state index in [2.05, 4.69) is 27.2 Å². The molecule has 1 N–H and O–H groups in total. The van der Waals surface area contributed by atoms with Crippen LogP contribution < -0.4 is 5.32 Å². The molecular formula is C20H14ClFN4O2. The Morgan fingerprint density at radius 3 is 2.93 bits per heavy atom. The van der Waals surface area contributed by atoms with Crippen LogP contribution in [0.4, 0.5) is 9.18 Å². The van der Waals surface area contributed by atoms with Gasteiger partial charge in [0.25, 0.3) is 0 Å². The zero-order valence-electron chi connectivity index (χ0n) is 14.5. The van der Waals surface area contributed by atoms with Crippen molar-refractivity contribution in [2.45, 2.75) is 18.7 Å². The first kappa shape index (κ1) is 18.0. The van der Waals surface area contributed by atoms with Crippen molar-refractivity contribution in [3.05, 3.63) is 82.6 Å². The summed E-state index contributed by atoms with van der Waals surface area (Å²) in [5.74, 6) is 5.61. The van der Waals surface area contributed by atoms with Crippen LogP contribution >= 0.6 is 11.6 Å². The Morgan fingerprint density at radius 2 is 2.14 bits per heavy atom. The van der Waals surface area contributed by atoms with Gasteiger partial charge in [0, 0.05) is 24.2 Å². The maximum atomic E-state index is 13.6. The minimum absolute atomic E-state index is 0.381. The van der Waals surface area contributed by atoms with Crippen LogP contribution in [0, 0.1) is 17.7 Å². The van der Waals surface area contributed by atoms with Crippen LogP contribution in [0.5, 0.6) is 0 Å². The van der Waals surface area contributed by atoms with Crippen LogP contribution in [0.1, 0.15) is 28.8 Å². The second-order valence-electron chi connectivity index (χ2n) is 6.17. The lowest BCUT2D eigenvalue weighted by Gasteiger charge is -2.17. The van der Waals surface area contributed by atoms with Gasteiger partial charge in [0.15, 0.2) is 6.10 Å². The molecule has 0 bridgehead atoms. The topological polar surface area (TPSA) is 69.0 Å². The van der Waals surface area contributed by atoms with Gasteiger partial charge in [-0.3, -0.25) is 9.67 Å². The number of nitrogens with one attached hydrogen (secondary N) is 1. The summed E-state index contributed by atoms with van der Waals surface area (Å²) in [5, 5.41) is 7.36. The highest BCUT2D eigenvalue weighted by atomic mass is 35.5. The summed E-state index contributed by atoms with van der Waals surface area (Å²) in [6, 6.07) is 7.32. The predicted molar refractivity (Wildman–Crippen MR) is 99.9 cm³/mol. The summed E-state index contributed by atoms with van der Waals surface area (Å²) >= 11 is 5.82. The van der Waals surface area contributed by atoms with Crippen LogP contribution in [-0.4, -0.2) is 20.9 Å². The number of ether oxygens (including phenoxy) is 1. The molecule has 28 heavy (non-hydrogen) atoms. The molecule has 0 unspecified atom stereocenters. The molecule has 1 aromatic carbocycles. The zero-order valence-corrected chi connectivity index (χ0v) is 15.2. The highest BCUT2D eigenvalue weighted by molar-refractivity contribution is 6.30. The summed E-state index contributed by atoms with van der Waals surface area (Å²) in [4.78, 5) is 16.0. The highest BCUT2D eigenvalue weighted by Crippen LogP contribution is 2.36. The molecule has 1 aliphatic rings. The quantitative estimate of drug-likeness (QED) is 0.686. The third kappa shape index (κ3) is 3.97. The predicted octanol–water partition coefficient (Wildman–Crippen LogP) is 3.64. The Kier molecular flexibility index (Phi) is 4.96. The summed E-state index contributed by atoms with van der Waals surface area (Å²) in [6.07, 6.45) is 5.26. The number of halogens is 2. The Balaban J connectivity index is 1.56. The molecule has 0 radical (unpaired) electrons. The monoisotopic (exact) mass is 396 g/mol. The molecule has 4 rings (SSSR count). The second kappa shape index (κ2) is 7.71. The largest absolute Gasteiger partial charge is 0.439 e. The molecule has 2 aromatic heterocycles. The van der Waals surface area contributed by atoms with Crippen molar-refractivity contribution in [2.24, 2.45) is 0 Å². The molecule has 0 spiro atoms. The summed E-state index contributed by atoms with van der Waals surface area (Å²) in [6.45, 7) is 0.381. The van der Waals surface area contributed by atoms with Gasteiger partial charge in [0.2, 0.25) is 0 Å². The van der Waals surface area contributed by atoms with E-state index in [0.29, 0.717) is 28.3 Å². The van der Waals surface area contributed by atoms with Crippen molar-refractivity contribution in [3.8, 4) is 11.8 Å².